The molecule has 1 amide bonds. The lowest BCUT2D eigenvalue weighted by Gasteiger charge is -2.04. The van der Waals surface area contributed by atoms with Crippen molar-refractivity contribution in [3.63, 3.8) is 0 Å². The minimum Gasteiger partial charge on any atom is -0.478 e. The van der Waals surface area contributed by atoms with Gasteiger partial charge in [-0.15, -0.1) is 0 Å². The van der Waals surface area contributed by atoms with E-state index < -0.39 is 11.9 Å². The van der Waals surface area contributed by atoms with Crippen molar-refractivity contribution in [2.75, 3.05) is 0 Å². The summed E-state index contributed by atoms with van der Waals surface area (Å²) in [4.78, 5) is 22.1. The summed E-state index contributed by atoms with van der Waals surface area (Å²) < 4.78 is 1.66. The van der Waals surface area contributed by atoms with Crippen molar-refractivity contribution in [1.82, 2.24) is 4.57 Å². The van der Waals surface area contributed by atoms with Crippen LogP contribution in [0.25, 0.3) is 10.9 Å². The van der Waals surface area contributed by atoms with Crippen molar-refractivity contribution >= 4 is 22.8 Å². The number of aliphatic carboxylic acids is 1. The van der Waals surface area contributed by atoms with Crippen LogP contribution in [-0.4, -0.2) is 21.6 Å². The number of primary amides is 1. The lowest BCUT2D eigenvalue weighted by Crippen LogP contribution is -2.10. The molecule has 1 aromatic carbocycles. The number of carbonyl (C=O) groups excluding carboxylic acids is 1. The summed E-state index contributed by atoms with van der Waals surface area (Å²) in [6.07, 6.45) is 1.56. The number of aromatic nitrogens is 1. The molecule has 0 saturated heterocycles. The number of nitrogens with two attached hydrogens (primary N) is 1. The molecule has 0 saturated carbocycles. The van der Waals surface area contributed by atoms with Gasteiger partial charge in [0.25, 0.3) is 5.91 Å². The fourth-order valence-corrected chi connectivity index (χ4v) is 1.85. The van der Waals surface area contributed by atoms with Crippen LogP contribution >= 0.6 is 0 Å². The van der Waals surface area contributed by atoms with Crippen molar-refractivity contribution in [2.24, 2.45) is 5.73 Å². The third-order valence-electron chi connectivity index (χ3n) is 2.72. The van der Waals surface area contributed by atoms with E-state index in [1.54, 1.807) is 29.0 Å². The number of nitrogens with zero attached hydrogens (tertiary/aromatic N) is 1. The molecular formula is C13H12N2O3. The van der Waals surface area contributed by atoms with Gasteiger partial charge >= 0.3 is 5.97 Å². The highest BCUT2D eigenvalue weighted by Crippen LogP contribution is 2.21. The van der Waals surface area contributed by atoms with E-state index in [0.717, 1.165) is 5.52 Å². The first-order valence-corrected chi connectivity index (χ1v) is 5.29. The fourth-order valence-electron chi connectivity index (χ4n) is 1.85. The number of hydrogen-bond donors (Lipinski definition) is 2. The average molecular weight is 244 g/mol. The summed E-state index contributed by atoms with van der Waals surface area (Å²) in [5.74, 6) is -1.60. The van der Waals surface area contributed by atoms with E-state index in [-0.39, 0.29) is 12.1 Å². The van der Waals surface area contributed by atoms with Crippen LogP contribution in [-0.2, 0) is 11.3 Å². The summed E-state index contributed by atoms with van der Waals surface area (Å²) in [6, 6.07) is 7.19. The molecule has 0 unspecified atom stereocenters. The molecular weight excluding hydrogens is 232 g/mol. The van der Waals surface area contributed by atoms with Crippen LogP contribution in [0.4, 0.5) is 0 Å². The monoisotopic (exact) mass is 244 g/mol. The first-order chi connectivity index (χ1) is 8.50. The van der Waals surface area contributed by atoms with Crippen LogP contribution in [0.3, 0.4) is 0 Å². The minimum absolute atomic E-state index is 0.0479. The van der Waals surface area contributed by atoms with Crippen molar-refractivity contribution in [3.8, 4) is 0 Å². The standard InChI is InChI=1S/C13H12N2O3/c1-8(13(17)18)6-15-7-10(12(14)16)9-4-2-3-5-11(9)15/h2-5,7H,1,6H2,(H2,14,16)(H,17,18). The molecule has 0 radical (unpaired) electrons. The van der Waals surface area contributed by atoms with Crippen molar-refractivity contribution < 1.29 is 14.7 Å². The molecule has 0 fully saturated rings. The zero-order valence-corrected chi connectivity index (χ0v) is 9.59. The van der Waals surface area contributed by atoms with Gasteiger partial charge < -0.3 is 15.4 Å². The van der Waals surface area contributed by atoms with Crippen LogP contribution in [0.1, 0.15) is 10.4 Å². The van der Waals surface area contributed by atoms with Crippen molar-refractivity contribution in [3.05, 3.63) is 48.2 Å². The van der Waals surface area contributed by atoms with E-state index >= 15 is 0 Å². The van der Waals surface area contributed by atoms with Crippen molar-refractivity contribution in [2.45, 2.75) is 6.54 Å². The molecule has 3 N–H and O–H groups in total. The zero-order chi connectivity index (χ0) is 13.3. The number of carbonyl (C=O) groups is 2. The van der Waals surface area contributed by atoms with Crippen molar-refractivity contribution in [1.29, 1.82) is 0 Å². The van der Waals surface area contributed by atoms with Gasteiger partial charge in [0.2, 0.25) is 0 Å². The molecule has 5 nitrogen and oxygen atoms in total. The van der Waals surface area contributed by atoms with Crippen LogP contribution in [0.2, 0.25) is 0 Å². The summed E-state index contributed by atoms with van der Waals surface area (Å²) in [7, 11) is 0. The van der Waals surface area contributed by atoms with Crippen LogP contribution in [0, 0.1) is 0 Å². The van der Waals surface area contributed by atoms with Gasteiger partial charge in [-0.05, 0) is 6.07 Å². The Kier molecular flexibility index (Phi) is 2.89. The lowest BCUT2D eigenvalue weighted by molar-refractivity contribution is -0.132. The molecule has 0 aliphatic heterocycles. The molecule has 0 bridgehead atoms. The summed E-state index contributed by atoms with van der Waals surface area (Å²) in [6.45, 7) is 3.59. The van der Waals surface area contributed by atoms with Gasteiger partial charge in [0.1, 0.15) is 0 Å². The first-order valence-electron chi connectivity index (χ1n) is 5.29. The average Bonchev–Trinajstić information content (AvgIpc) is 2.68. The van der Waals surface area contributed by atoms with E-state index in [4.69, 9.17) is 10.8 Å². The largest absolute Gasteiger partial charge is 0.478 e. The first kappa shape index (κ1) is 11.9. The smallest absolute Gasteiger partial charge is 0.332 e. The Morgan fingerprint density at radius 3 is 2.61 bits per heavy atom. The molecule has 5 heteroatoms. The maximum atomic E-state index is 11.3. The topological polar surface area (TPSA) is 85.3 Å². The summed E-state index contributed by atoms with van der Waals surface area (Å²) in [5, 5.41) is 9.54. The number of amides is 1. The quantitative estimate of drug-likeness (QED) is 0.797. The number of hydrogen-bond acceptors (Lipinski definition) is 2. The molecule has 1 aromatic heterocycles. The maximum absolute atomic E-state index is 11.3. The molecule has 0 spiro atoms. The van der Waals surface area contributed by atoms with Crippen LogP contribution in [0.5, 0.6) is 0 Å². The third kappa shape index (κ3) is 1.98. The Hall–Kier alpha value is -2.56. The van der Waals surface area contributed by atoms with Crippen LogP contribution < -0.4 is 5.73 Å². The zero-order valence-electron chi connectivity index (χ0n) is 9.59. The van der Waals surface area contributed by atoms with E-state index in [9.17, 15) is 9.59 Å². The lowest BCUT2D eigenvalue weighted by atomic mass is 10.2. The van der Waals surface area contributed by atoms with Crippen LogP contribution in [0.15, 0.2) is 42.6 Å². The van der Waals surface area contributed by atoms with Gasteiger partial charge in [-0.3, -0.25) is 4.79 Å². The van der Waals surface area contributed by atoms with E-state index in [1.165, 1.54) is 0 Å². The predicted octanol–water partition coefficient (Wildman–Crippen LogP) is 1.38. The highest BCUT2D eigenvalue weighted by molar-refractivity contribution is 6.06. The van der Waals surface area contributed by atoms with Gasteiger partial charge in [-0.25, -0.2) is 4.79 Å². The minimum atomic E-state index is -1.06. The van der Waals surface area contributed by atoms with Gasteiger partial charge in [-0.2, -0.15) is 0 Å². The second kappa shape index (κ2) is 4.37. The van der Waals surface area contributed by atoms with E-state index in [1.807, 2.05) is 6.07 Å². The van der Waals surface area contributed by atoms with E-state index in [0.29, 0.717) is 10.9 Å². The Labute approximate surface area is 103 Å². The summed E-state index contributed by atoms with van der Waals surface area (Å²) in [5.41, 5.74) is 6.48. The van der Waals surface area contributed by atoms with Gasteiger partial charge in [0.15, 0.2) is 0 Å². The molecule has 0 atom stereocenters. The maximum Gasteiger partial charge on any atom is 0.332 e. The Morgan fingerprint density at radius 1 is 1.33 bits per heavy atom. The Morgan fingerprint density at radius 2 is 2.00 bits per heavy atom. The third-order valence-corrected chi connectivity index (χ3v) is 2.72. The van der Waals surface area contributed by atoms with Gasteiger partial charge in [0.05, 0.1) is 12.1 Å². The summed E-state index contributed by atoms with van der Waals surface area (Å²) >= 11 is 0. The molecule has 0 aliphatic rings. The number of carboxylic acids is 1. The highest BCUT2D eigenvalue weighted by Gasteiger charge is 2.14. The van der Waals surface area contributed by atoms with Gasteiger partial charge in [-0.1, -0.05) is 24.8 Å². The second-order valence-electron chi connectivity index (χ2n) is 3.96. The molecule has 1 heterocycles. The second-order valence-corrected chi connectivity index (χ2v) is 3.96. The predicted molar refractivity (Wildman–Crippen MR) is 67.2 cm³/mol. The molecule has 92 valence electrons. The highest BCUT2D eigenvalue weighted by atomic mass is 16.4. The Balaban J connectivity index is 2.55. The normalized spacial score (nSPS) is 10.4. The number of benzene rings is 1. The molecule has 2 rings (SSSR count). The van der Waals surface area contributed by atoms with Gasteiger partial charge in [0, 0.05) is 22.7 Å². The number of rotatable bonds is 4. The number of carboxylic acid groups (broad SMARTS) is 1. The number of fused-ring (bicyclic) bond motifs is 1. The fraction of sp³-hybridized carbons (Fsp3) is 0.0769. The molecule has 0 aliphatic carbocycles. The molecule has 18 heavy (non-hydrogen) atoms. The SMILES string of the molecule is C=C(Cn1cc(C(N)=O)c2ccccc21)C(=O)O. The molecule has 2 aromatic rings. The van der Waals surface area contributed by atoms with E-state index in [2.05, 4.69) is 6.58 Å². The number of para-hydroxylation sites is 1. The Bertz CT molecular complexity index is 655.